The summed E-state index contributed by atoms with van der Waals surface area (Å²) in [6, 6.07) is 8.29. The van der Waals surface area contributed by atoms with E-state index in [0.29, 0.717) is 6.61 Å². The Morgan fingerprint density at radius 1 is 1.40 bits per heavy atom. The molecule has 1 aliphatic rings. The van der Waals surface area contributed by atoms with Crippen molar-refractivity contribution in [2.75, 3.05) is 13.2 Å². The predicted molar refractivity (Wildman–Crippen MR) is 64.6 cm³/mol. The smallest absolute Gasteiger partial charge is 0.0499 e. The number of benzene rings is 1. The van der Waals surface area contributed by atoms with Crippen LogP contribution in [0.15, 0.2) is 28.7 Å². The maximum absolute atomic E-state index is 9.15. The van der Waals surface area contributed by atoms with Crippen molar-refractivity contribution in [1.29, 1.82) is 0 Å². The van der Waals surface area contributed by atoms with Crippen molar-refractivity contribution in [3.05, 3.63) is 34.3 Å². The van der Waals surface area contributed by atoms with E-state index in [9.17, 15) is 0 Å². The number of aliphatic hydroxyl groups excluding tert-OH is 1. The zero-order valence-electron chi connectivity index (χ0n) is 8.67. The molecule has 1 aromatic rings. The number of hydrogen-bond acceptors (Lipinski definition) is 2. The molecule has 0 aromatic heterocycles. The first kappa shape index (κ1) is 11.1. The average molecular weight is 270 g/mol. The minimum atomic E-state index is 0.200. The Hall–Kier alpha value is -0.380. The number of hydrogen-bond donors (Lipinski definition) is 2. The van der Waals surface area contributed by atoms with Crippen molar-refractivity contribution in [3.8, 4) is 0 Å². The highest BCUT2D eigenvalue weighted by Gasteiger charge is 2.41. The van der Waals surface area contributed by atoms with E-state index < -0.39 is 0 Å². The molecule has 0 bridgehead atoms. The van der Waals surface area contributed by atoms with E-state index in [0.717, 1.165) is 30.4 Å². The molecule has 0 spiro atoms. The van der Waals surface area contributed by atoms with E-state index in [1.165, 1.54) is 5.56 Å². The van der Waals surface area contributed by atoms with Gasteiger partial charge in [-0.05, 0) is 30.5 Å². The average Bonchev–Trinajstić information content (AvgIpc) is 2.99. The molecule has 0 saturated heterocycles. The second-order valence-electron chi connectivity index (χ2n) is 4.39. The van der Waals surface area contributed by atoms with Gasteiger partial charge in [0.2, 0.25) is 0 Å². The van der Waals surface area contributed by atoms with Gasteiger partial charge in [-0.2, -0.15) is 0 Å². The van der Waals surface area contributed by atoms with Crippen molar-refractivity contribution in [1.82, 2.24) is 5.32 Å². The molecule has 3 heteroatoms. The van der Waals surface area contributed by atoms with Gasteiger partial charge in [-0.25, -0.2) is 0 Å². The van der Waals surface area contributed by atoms with Crippen LogP contribution in [0.25, 0.3) is 0 Å². The van der Waals surface area contributed by atoms with Crippen LogP contribution in [-0.4, -0.2) is 18.3 Å². The molecule has 0 heterocycles. The van der Waals surface area contributed by atoms with E-state index in [2.05, 4.69) is 33.4 Å². The normalized spacial score (nSPS) is 17.7. The number of aliphatic hydroxyl groups is 1. The molecule has 2 nitrogen and oxygen atoms in total. The quantitative estimate of drug-likeness (QED) is 0.860. The van der Waals surface area contributed by atoms with Gasteiger partial charge in [0.15, 0.2) is 0 Å². The molecule has 0 atom stereocenters. The Bertz CT molecular complexity index is 336. The third kappa shape index (κ3) is 3.03. The summed E-state index contributed by atoms with van der Waals surface area (Å²) in [7, 11) is 0. The van der Waals surface area contributed by atoms with Crippen molar-refractivity contribution < 1.29 is 5.11 Å². The highest BCUT2D eigenvalue weighted by atomic mass is 79.9. The fourth-order valence-electron chi connectivity index (χ4n) is 1.69. The minimum Gasteiger partial charge on any atom is -0.396 e. The van der Waals surface area contributed by atoms with E-state index in [-0.39, 0.29) is 5.41 Å². The first-order valence-electron chi connectivity index (χ1n) is 5.30. The van der Waals surface area contributed by atoms with Crippen LogP contribution in [-0.2, 0) is 6.54 Å². The van der Waals surface area contributed by atoms with Crippen LogP contribution in [0.2, 0.25) is 0 Å². The topological polar surface area (TPSA) is 32.3 Å². The summed E-state index contributed by atoms with van der Waals surface area (Å²) in [4.78, 5) is 0. The number of nitrogens with one attached hydrogen (secondary N) is 1. The van der Waals surface area contributed by atoms with Gasteiger partial charge in [-0.15, -0.1) is 0 Å². The molecule has 1 saturated carbocycles. The molecule has 1 fully saturated rings. The van der Waals surface area contributed by atoms with Crippen molar-refractivity contribution in [3.63, 3.8) is 0 Å². The molecule has 82 valence electrons. The van der Waals surface area contributed by atoms with E-state index >= 15 is 0 Å². The highest BCUT2D eigenvalue weighted by molar-refractivity contribution is 9.10. The van der Waals surface area contributed by atoms with E-state index in [4.69, 9.17) is 5.11 Å². The Balaban J connectivity index is 1.78. The Morgan fingerprint density at radius 2 is 2.20 bits per heavy atom. The van der Waals surface area contributed by atoms with Crippen LogP contribution in [0, 0.1) is 5.41 Å². The van der Waals surface area contributed by atoms with Crippen LogP contribution in [0.5, 0.6) is 0 Å². The molecule has 0 amide bonds. The monoisotopic (exact) mass is 269 g/mol. The second kappa shape index (κ2) is 4.64. The first-order chi connectivity index (χ1) is 7.24. The lowest BCUT2D eigenvalue weighted by Crippen LogP contribution is -2.26. The molecule has 1 aliphatic carbocycles. The SMILES string of the molecule is OCC1(CNCc2cccc(Br)c2)CC1. The summed E-state index contributed by atoms with van der Waals surface area (Å²) in [5.41, 5.74) is 1.48. The summed E-state index contributed by atoms with van der Waals surface area (Å²) in [5, 5.41) is 12.6. The first-order valence-corrected chi connectivity index (χ1v) is 6.09. The van der Waals surface area contributed by atoms with Gasteiger partial charge in [0, 0.05) is 29.6 Å². The second-order valence-corrected chi connectivity index (χ2v) is 5.31. The van der Waals surface area contributed by atoms with Crippen molar-refractivity contribution in [2.24, 2.45) is 5.41 Å². The van der Waals surface area contributed by atoms with Crippen molar-refractivity contribution in [2.45, 2.75) is 19.4 Å². The third-order valence-corrected chi connectivity index (χ3v) is 3.50. The summed E-state index contributed by atoms with van der Waals surface area (Å²) < 4.78 is 1.12. The standard InChI is InChI=1S/C12H16BrNO/c13-11-3-1-2-10(6-11)7-14-8-12(9-15)4-5-12/h1-3,6,14-15H,4-5,7-9H2. The molecule has 0 radical (unpaired) electrons. The largest absolute Gasteiger partial charge is 0.396 e. The maximum atomic E-state index is 9.15. The van der Waals surface area contributed by atoms with Gasteiger partial charge in [0.25, 0.3) is 0 Å². The minimum absolute atomic E-state index is 0.200. The Morgan fingerprint density at radius 3 is 2.80 bits per heavy atom. The fourth-order valence-corrected chi connectivity index (χ4v) is 2.13. The molecule has 0 aliphatic heterocycles. The molecule has 1 aromatic carbocycles. The fraction of sp³-hybridized carbons (Fsp3) is 0.500. The summed E-state index contributed by atoms with van der Waals surface area (Å²) in [6.45, 7) is 2.12. The van der Waals surface area contributed by atoms with Gasteiger partial charge in [-0.1, -0.05) is 28.1 Å². The summed E-state index contributed by atoms with van der Waals surface area (Å²) in [5.74, 6) is 0. The number of halogens is 1. The third-order valence-electron chi connectivity index (χ3n) is 3.01. The lowest BCUT2D eigenvalue weighted by Gasteiger charge is -2.12. The molecule has 2 N–H and O–H groups in total. The molecule has 2 rings (SSSR count). The maximum Gasteiger partial charge on any atom is 0.0499 e. The highest BCUT2D eigenvalue weighted by Crippen LogP contribution is 2.44. The van der Waals surface area contributed by atoms with Crippen LogP contribution < -0.4 is 5.32 Å². The van der Waals surface area contributed by atoms with Gasteiger partial charge >= 0.3 is 0 Å². The van der Waals surface area contributed by atoms with E-state index in [1.807, 2.05) is 12.1 Å². The Labute approximate surface area is 98.8 Å². The molecular formula is C12H16BrNO. The van der Waals surface area contributed by atoms with Crippen LogP contribution in [0.3, 0.4) is 0 Å². The van der Waals surface area contributed by atoms with Crippen molar-refractivity contribution >= 4 is 15.9 Å². The van der Waals surface area contributed by atoms with Crippen LogP contribution in [0.4, 0.5) is 0 Å². The van der Waals surface area contributed by atoms with Gasteiger partial charge < -0.3 is 10.4 Å². The lowest BCUT2D eigenvalue weighted by atomic mass is 10.1. The predicted octanol–water partition coefficient (Wildman–Crippen LogP) is 2.31. The lowest BCUT2D eigenvalue weighted by molar-refractivity contribution is 0.207. The molecular weight excluding hydrogens is 254 g/mol. The van der Waals surface area contributed by atoms with Crippen LogP contribution >= 0.6 is 15.9 Å². The van der Waals surface area contributed by atoms with Crippen LogP contribution in [0.1, 0.15) is 18.4 Å². The molecule has 0 unspecified atom stereocenters. The van der Waals surface area contributed by atoms with Gasteiger partial charge in [0.1, 0.15) is 0 Å². The zero-order valence-corrected chi connectivity index (χ0v) is 10.3. The van der Waals surface area contributed by atoms with E-state index in [1.54, 1.807) is 0 Å². The molecule has 15 heavy (non-hydrogen) atoms. The van der Waals surface area contributed by atoms with Gasteiger partial charge in [0.05, 0.1) is 0 Å². The zero-order chi connectivity index (χ0) is 10.7. The van der Waals surface area contributed by atoms with Gasteiger partial charge in [-0.3, -0.25) is 0 Å². The summed E-state index contributed by atoms with van der Waals surface area (Å²) in [6.07, 6.45) is 2.32. The summed E-state index contributed by atoms with van der Waals surface area (Å²) >= 11 is 3.45. The number of rotatable bonds is 5. The Kier molecular flexibility index (Phi) is 3.44.